The van der Waals surface area contributed by atoms with E-state index in [1.807, 2.05) is 86.6 Å². The number of carbonyl (C=O) groups excluding carboxylic acids is 1. The topological polar surface area (TPSA) is 73.7 Å². The van der Waals surface area contributed by atoms with Crippen LogP contribution in [0, 0.1) is 0 Å². The lowest BCUT2D eigenvalue weighted by Gasteiger charge is -2.31. The Balaban J connectivity index is 1.57. The second-order valence-electron chi connectivity index (χ2n) is 9.48. The molecule has 208 valence electrons. The Morgan fingerprint density at radius 3 is 2.22 bits per heavy atom. The third kappa shape index (κ3) is 6.42. The number of para-hydroxylation sites is 1. The van der Waals surface area contributed by atoms with Crippen molar-refractivity contribution in [1.82, 2.24) is 14.5 Å². The Bertz CT molecular complexity index is 1690. The highest BCUT2D eigenvalue weighted by molar-refractivity contribution is 6.30. The number of rotatable bonds is 10. The number of benzene rings is 4. The molecule has 0 fully saturated rings. The molecule has 0 saturated heterocycles. The fourth-order valence-electron chi connectivity index (χ4n) is 4.66. The molecule has 8 heteroatoms. The van der Waals surface area contributed by atoms with Crippen molar-refractivity contribution >= 4 is 28.4 Å². The maximum absolute atomic E-state index is 13.9. The van der Waals surface area contributed by atoms with Crippen molar-refractivity contribution in [2.45, 2.75) is 26.4 Å². The van der Waals surface area contributed by atoms with Crippen molar-refractivity contribution in [3.05, 3.63) is 130 Å². The zero-order chi connectivity index (χ0) is 28.8. The number of hydrogen-bond donors (Lipinski definition) is 0. The Hall–Kier alpha value is -4.62. The van der Waals surface area contributed by atoms with E-state index in [1.165, 1.54) is 0 Å². The van der Waals surface area contributed by atoms with Gasteiger partial charge < -0.3 is 14.4 Å². The van der Waals surface area contributed by atoms with Crippen LogP contribution in [-0.2, 0) is 11.3 Å². The molecule has 1 aromatic heterocycles. The van der Waals surface area contributed by atoms with Crippen molar-refractivity contribution < 1.29 is 14.3 Å². The molecule has 5 rings (SSSR count). The van der Waals surface area contributed by atoms with E-state index in [1.54, 1.807) is 39.8 Å². The molecule has 0 bridgehead atoms. The summed E-state index contributed by atoms with van der Waals surface area (Å²) in [5.41, 5.74) is 1.91. The van der Waals surface area contributed by atoms with Gasteiger partial charge in [-0.2, -0.15) is 0 Å². The van der Waals surface area contributed by atoms with E-state index in [9.17, 15) is 9.59 Å². The Morgan fingerprint density at radius 2 is 1.51 bits per heavy atom. The number of hydrogen-bond acceptors (Lipinski definition) is 5. The molecule has 0 aliphatic heterocycles. The van der Waals surface area contributed by atoms with Gasteiger partial charge in [-0.1, -0.05) is 54.1 Å². The zero-order valence-corrected chi connectivity index (χ0v) is 23.6. The quantitative estimate of drug-likeness (QED) is 0.190. The maximum Gasteiger partial charge on any atom is 0.266 e. The smallest absolute Gasteiger partial charge is 0.266 e. The van der Waals surface area contributed by atoms with E-state index in [4.69, 9.17) is 26.1 Å². The largest absolute Gasteiger partial charge is 0.494 e. The van der Waals surface area contributed by atoms with Crippen molar-refractivity contribution in [3.8, 4) is 17.2 Å². The molecule has 0 radical (unpaired) electrons. The predicted octanol–water partition coefficient (Wildman–Crippen LogP) is 6.61. The standard InChI is InChI=1S/C33H30ClN3O4/c1-3-40-27-19-15-26(16-20-27)37-32(35-30-12-8-7-11-29(30)33(37)39)23(2)36(21-24-9-5-4-6-10-24)31(38)22-41-28-17-13-25(34)14-18-28/h4-20,23H,3,21-22H2,1-2H3. The van der Waals surface area contributed by atoms with Crippen LogP contribution in [0.1, 0.15) is 31.3 Å². The first-order valence-electron chi connectivity index (χ1n) is 13.4. The summed E-state index contributed by atoms with van der Waals surface area (Å²) in [6, 6.07) is 30.5. The number of nitrogens with zero attached hydrogens (tertiary/aromatic N) is 3. The molecular weight excluding hydrogens is 538 g/mol. The molecule has 4 aromatic carbocycles. The van der Waals surface area contributed by atoms with Gasteiger partial charge in [0.25, 0.3) is 11.5 Å². The molecule has 0 aliphatic carbocycles. The third-order valence-corrected chi connectivity index (χ3v) is 6.99. The third-order valence-electron chi connectivity index (χ3n) is 6.74. The Labute approximate surface area is 243 Å². The van der Waals surface area contributed by atoms with Gasteiger partial charge in [0.05, 0.1) is 29.2 Å². The zero-order valence-electron chi connectivity index (χ0n) is 22.9. The summed E-state index contributed by atoms with van der Waals surface area (Å²) in [6.45, 7) is 4.44. The fourth-order valence-corrected chi connectivity index (χ4v) is 4.78. The average Bonchev–Trinajstić information content (AvgIpc) is 3.00. The molecule has 5 aromatic rings. The van der Waals surface area contributed by atoms with Crippen molar-refractivity contribution in [3.63, 3.8) is 0 Å². The second-order valence-corrected chi connectivity index (χ2v) is 9.92. The van der Waals surface area contributed by atoms with Crippen LogP contribution in [0.15, 0.2) is 108 Å². The summed E-state index contributed by atoms with van der Waals surface area (Å²) >= 11 is 6.00. The first-order valence-corrected chi connectivity index (χ1v) is 13.8. The molecule has 0 saturated carbocycles. The highest BCUT2D eigenvalue weighted by Crippen LogP contribution is 2.26. The molecular formula is C33H30ClN3O4. The van der Waals surface area contributed by atoms with Gasteiger partial charge in [-0.15, -0.1) is 0 Å². The predicted molar refractivity (Wildman–Crippen MR) is 161 cm³/mol. The minimum atomic E-state index is -0.583. The Morgan fingerprint density at radius 1 is 0.878 bits per heavy atom. The normalized spacial score (nSPS) is 11.7. The van der Waals surface area contributed by atoms with Gasteiger partial charge in [0.1, 0.15) is 17.3 Å². The summed E-state index contributed by atoms with van der Waals surface area (Å²) in [5, 5.41) is 1.07. The number of fused-ring (bicyclic) bond motifs is 1. The molecule has 7 nitrogen and oxygen atoms in total. The minimum absolute atomic E-state index is 0.195. The summed E-state index contributed by atoms with van der Waals surface area (Å²) in [4.78, 5) is 34.3. The molecule has 1 unspecified atom stereocenters. The van der Waals surface area contributed by atoms with Gasteiger partial charge in [-0.05, 0) is 80.1 Å². The van der Waals surface area contributed by atoms with Crippen LogP contribution in [0.3, 0.4) is 0 Å². The first kappa shape index (κ1) is 27.9. The van der Waals surface area contributed by atoms with Crippen LogP contribution in [0.4, 0.5) is 0 Å². The van der Waals surface area contributed by atoms with Crippen molar-refractivity contribution in [2.24, 2.45) is 0 Å². The van der Waals surface area contributed by atoms with E-state index >= 15 is 0 Å². The van der Waals surface area contributed by atoms with Crippen LogP contribution in [0.25, 0.3) is 16.6 Å². The molecule has 1 heterocycles. The summed E-state index contributed by atoms with van der Waals surface area (Å²) in [5.74, 6) is 1.42. The number of halogens is 1. The summed E-state index contributed by atoms with van der Waals surface area (Å²) < 4.78 is 13.0. The lowest BCUT2D eigenvalue weighted by atomic mass is 10.1. The molecule has 0 aliphatic rings. The van der Waals surface area contributed by atoms with Crippen LogP contribution in [0.5, 0.6) is 11.5 Å². The highest BCUT2D eigenvalue weighted by atomic mass is 35.5. The second kappa shape index (κ2) is 12.7. The lowest BCUT2D eigenvalue weighted by Crippen LogP contribution is -2.39. The van der Waals surface area contributed by atoms with Crippen LogP contribution < -0.4 is 15.0 Å². The number of amides is 1. The SMILES string of the molecule is CCOc1ccc(-n2c(C(C)N(Cc3ccccc3)C(=O)COc3ccc(Cl)cc3)nc3ccccc3c2=O)cc1. The summed E-state index contributed by atoms with van der Waals surface area (Å²) in [6.07, 6.45) is 0. The monoisotopic (exact) mass is 567 g/mol. The molecule has 1 amide bonds. The molecule has 1 atom stereocenters. The van der Waals surface area contributed by atoms with Gasteiger partial charge >= 0.3 is 0 Å². The van der Waals surface area contributed by atoms with Crippen molar-refractivity contribution in [2.75, 3.05) is 13.2 Å². The number of aromatic nitrogens is 2. The van der Waals surface area contributed by atoms with Gasteiger partial charge in [0.15, 0.2) is 6.61 Å². The fraction of sp³-hybridized carbons (Fsp3) is 0.182. The maximum atomic E-state index is 13.9. The van der Waals surface area contributed by atoms with Crippen LogP contribution in [-0.4, -0.2) is 33.6 Å². The average molecular weight is 568 g/mol. The van der Waals surface area contributed by atoms with Gasteiger partial charge in [0.2, 0.25) is 0 Å². The molecule has 0 spiro atoms. The summed E-state index contributed by atoms with van der Waals surface area (Å²) in [7, 11) is 0. The van der Waals surface area contributed by atoms with Gasteiger partial charge in [-0.3, -0.25) is 14.2 Å². The van der Waals surface area contributed by atoms with Gasteiger partial charge in [-0.25, -0.2) is 4.98 Å². The van der Waals surface area contributed by atoms with E-state index in [0.29, 0.717) is 52.1 Å². The highest BCUT2D eigenvalue weighted by Gasteiger charge is 2.27. The van der Waals surface area contributed by atoms with E-state index in [0.717, 1.165) is 5.56 Å². The molecule has 41 heavy (non-hydrogen) atoms. The number of ether oxygens (including phenoxy) is 2. The van der Waals surface area contributed by atoms with Gasteiger partial charge in [0, 0.05) is 11.6 Å². The minimum Gasteiger partial charge on any atom is -0.494 e. The van der Waals surface area contributed by atoms with Crippen molar-refractivity contribution in [1.29, 1.82) is 0 Å². The Kier molecular flexibility index (Phi) is 8.65. The number of carbonyl (C=O) groups is 1. The lowest BCUT2D eigenvalue weighted by molar-refractivity contribution is -0.136. The van der Waals surface area contributed by atoms with Crippen LogP contribution >= 0.6 is 11.6 Å². The van der Waals surface area contributed by atoms with E-state index < -0.39 is 6.04 Å². The van der Waals surface area contributed by atoms with E-state index in [-0.39, 0.29) is 18.1 Å². The first-order chi connectivity index (χ1) is 19.9. The van der Waals surface area contributed by atoms with E-state index in [2.05, 4.69) is 0 Å². The molecule has 0 N–H and O–H groups in total. The van der Waals surface area contributed by atoms with Crippen LogP contribution in [0.2, 0.25) is 5.02 Å².